The summed E-state index contributed by atoms with van der Waals surface area (Å²) in [6.07, 6.45) is 3.03. The highest BCUT2D eigenvalue weighted by atomic mass is 16.5. The van der Waals surface area contributed by atoms with Crippen LogP contribution in [0.1, 0.15) is 5.56 Å². The van der Waals surface area contributed by atoms with E-state index < -0.39 is 0 Å². The van der Waals surface area contributed by atoms with E-state index >= 15 is 0 Å². The number of aromatic nitrogens is 3. The Hall–Kier alpha value is -2.57. The van der Waals surface area contributed by atoms with Gasteiger partial charge in [0.15, 0.2) is 0 Å². The normalized spacial score (nSPS) is 10.6. The molecule has 7 nitrogen and oxygen atoms in total. The first kappa shape index (κ1) is 10.9. The number of rotatable bonds is 4. The summed E-state index contributed by atoms with van der Waals surface area (Å²) in [7, 11) is 1.62. The molecular formula is C10H12N6O. The van der Waals surface area contributed by atoms with Gasteiger partial charge in [0.25, 0.3) is 5.95 Å². The molecule has 0 saturated heterocycles. The number of ether oxygens (including phenoxy) is 1. The maximum Gasteiger partial charge on any atom is 0.263 e. The molecule has 1 aromatic heterocycles. The number of benzene rings is 1. The van der Waals surface area contributed by atoms with E-state index in [4.69, 9.17) is 10.6 Å². The van der Waals surface area contributed by atoms with Crippen LogP contribution in [0.5, 0.6) is 5.75 Å². The molecule has 0 aliphatic rings. The zero-order valence-electron chi connectivity index (χ0n) is 9.24. The van der Waals surface area contributed by atoms with Crippen LogP contribution in [0.25, 0.3) is 0 Å². The van der Waals surface area contributed by atoms with E-state index in [1.54, 1.807) is 13.3 Å². The number of nitrogen functional groups attached to an aromatic ring is 1. The lowest BCUT2D eigenvalue weighted by Gasteiger charge is -1.99. The van der Waals surface area contributed by atoms with Gasteiger partial charge in [-0.3, -0.25) is 0 Å². The standard InChI is InChI=1S/C10H12N6O/c1-17-9-4-2-8(3-5-9)6-12-14-10-15-13-7-16(10)11/h2-7H,11H2,1H3,(H,14,15). The minimum Gasteiger partial charge on any atom is -0.497 e. The maximum absolute atomic E-state index is 5.50. The molecule has 88 valence electrons. The second-order valence-corrected chi connectivity index (χ2v) is 3.20. The lowest BCUT2D eigenvalue weighted by Crippen LogP contribution is -2.10. The van der Waals surface area contributed by atoms with Crippen LogP contribution in [-0.2, 0) is 0 Å². The number of methoxy groups -OCH3 is 1. The molecule has 0 unspecified atom stereocenters. The molecule has 0 bridgehead atoms. The van der Waals surface area contributed by atoms with Gasteiger partial charge in [0, 0.05) is 0 Å². The van der Waals surface area contributed by atoms with Gasteiger partial charge in [-0.15, -0.1) is 10.2 Å². The smallest absolute Gasteiger partial charge is 0.263 e. The van der Waals surface area contributed by atoms with Crippen LogP contribution in [0, 0.1) is 0 Å². The Balaban J connectivity index is 1.98. The fourth-order valence-electron chi connectivity index (χ4n) is 1.18. The Kier molecular flexibility index (Phi) is 3.20. The molecule has 0 aliphatic heterocycles. The third kappa shape index (κ3) is 2.71. The van der Waals surface area contributed by atoms with Gasteiger partial charge in [-0.05, 0) is 29.8 Å². The van der Waals surface area contributed by atoms with Crippen molar-refractivity contribution in [1.29, 1.82) is 0 Å². The predicted octanol–water partition coefficient (Wildman–Crippen LogP) is 0.446. The molecule has 0 atom stereocenters. The molecule has 17 heavy (non-hydrogen) atoms. The van der Waals surface area contributed by atoms with Gasteiger partial charge in [-0.1, -0.05) is 0 Å². The molecule has 2 aromatic rings. The largest absolute Gasteiger partial charge is 0.497 e. The van der Waals surface area contributed by atoms with Gasteiger partial charge in [-0.25, -0.2) is 10.1 Å². The number of nitrogens with one attached hydrogen (secondary N) is 1. The summed E-state index contributed by atoms with van der Waals surface area (Å²) in [5.41, 5.74) is 3.60. The van der Waals surface area contributed by atoms with Crippen LogP contribution in [0.3, 0.4) is 0 Å². The number of nitrogens with zero attached hydrogens (tertiary/aromatic N) is 4. The number of hydrazone groups is 1. The SMILES string of the molecule is COc1ccc(C=NNc2nncn2N)cc1. The van der Waals surface area contributed by atoms with Gasteiger partial charge >= 0.3 is 0 Å². The van der Waals surface area contributed by atoms with Crippen LogP contribution >= 0.6 is 0 Å². The Labute approximate surface area is 97.9 Å². The van der Waals surface area contributed by atoms with Gasteiger partial charge < -0.3 is 10.6 Å². The molecule has 0 saturated carbocycles. The van der Waals surface area contributed by atoms with Crippen molar-refractivity contribution >= 4 is 12.2 Å². The number of hydrogen-bond acceptors (Lipinski definition) is 6. The quantitative estimate of drug-likeness (QED) is 0.453. The van der Waals surface area contributed by atoms with Crippen LogP contribution in [0.2, 0.25) is 0 Å². The van der Waals surface area contributed by atoms with E-state index in [2.05, 4.69) is 20.7 Å². The Morgan fingerprint density at radius 3 is 2.76 bits per heavy atom. The lowest BCUT2D eigenvalue weighted by atomic mass is 10.2. The van der Waals surface area contributed by atoms with Gasteiger partial charge in [0.1, 0.15) is 12.1 Å². The first-order valence-corrected chi connectivity index (χ1v) is 4.88. The molecular weight excluding hydrogens is 220 g/mol. The second-order valence-electron chi connectivity index (χ2n) is 3.20. The summed E-state index contributed by atoms with van der Waals surface area (Å²) < 4.78 is 6.29. The van der Waals surface area contributed by atoms with E-state index in [1.807, 2.05) is 24.3 Å². The molecule has 3 N–H and O–H groups in total. The number of anilines is 1. The molecule has 1 aromatic carbocycles. The molecule has 0 radical (unpaired) electrons. The Morgan fingerprint density at radius 2 is 2.18 bits per heavy atom. The van der Waals surface area contributed by atoms with Crippen molar-refractivity contribution in [2.24, 2.45) is 5.10 Å². The van der Waals surface area contributed by atoms with Crippen LogP contribution < -0.4 is 16.0 Å². The average Bonchev–Trinajstić information content (AvgIpc) is 2.76. The van der Waals surface area contributed by atoms with Crippen molar-refractivity contribution in [2.45, 2.75) is 0 Å². The maximum atomic E-state index is 5.50. The first-order valence-electron chi connectivity index (χ1n) is 4.88. The van der Waals surface area contributed by atoms with Crippen molar-refractivity contribution < 1.29 is 4.74 Å². The highest BCUT2D eigenvalue weighted by Crippen LogP contribution is 2.09. The molecule has 0 fully saturated rings. The number of hydrogen-bond donors (Lipinski definition) is 2. The summed E-state index contributed by atoms with van der Waals surface area (Å²) in [5.74, 6) is 6.67. The predicted molar refractivity (Wildman–Crippen MR) is 64.4 cm³/mol. The highest BCUT2D eigenvalue weighted by molar-refractivity contribution is 5.80. The summed E-state index contributed by atoms with van der Waals surface area (Å²) in [4.78, 5) is 0. The van der Waals surface area contributed by atoms with Crippen LogP contribution in [-0.4, -0.2) is 28.2 Å². The number of nitrogens with two attached hydrogens (primary N) is 1. The summed E-state index contributed by atoms with van der Waals surface area (Å²) in [6, 6.07) is 7.48. The minimum atomic E-state index is 0.370. The third-order valence-corrected chi connectivity index (χ3v) is 2.07. The van der Waals surface area contributed by atoms with E-state index in [0.29, 0.717) is 5.95 Å². The zero-order chi connectivity index (χ0) is 12.1. The molecule has 7 heteroatoms. The van der Waals surface area contributed by atoms with E-state index in [1.165, 1.54) is 11.0 Å². The minimum absolute atomic E-state index is 0.370. The van der Waals surface area contributed by atoms with Crippen LogP contribution in [0.4, 0.5) is 5.95 Å². The van der Waals surface area contributed by atoms with E-state index in [-0.39, 0.29) is 0 Å². The molecule has 0 spiro atoms. The summed E-state index contributed by atoms with van der Waals surface area (Å²) >= 11 is 0. The Morgan fingerprint density at radius 1 is 1.41 bits per heavy atom. The third-order valence-electron chi connectivity index (χ3n) is 2.07. The van der Waals surface area contributed by atoms with Crippen LogP contribution in [0.15, 0.2) is 35.7 Å². The van der Waals surface area contributed by atoms with Crippen molar-refractivity contribution in [3.8, 4) is 5.75 Å². The topological polar surface area (TPSA) is 90.3 Å². The van der Waals surface area contributed by atoms with Gasteiger partial charge in [0.05, 0.1) is 13.3 Å². The highest BCUT2D eigenvalue weighted by Gasteiger charge is 1.96. The van der Waals surface area contributed by atoms with E-state index in [9.17, 15) is 0 Å². The van der Waals surface area contributed by atoms with E-state index in [0.717, 1.165) is 11.3 Å². The fraction of sp³-hybridized carbons (Fsp3) is 0.100. The first-order chi connectivity index (χ1) is 8.29. The Bertz CT molecular complexity index is 504. The average molecular weight is 232 g/mol. The van der Waals surface area contributed by atoms with Crippen molar-refractivity contribution in [3.05, 3.63) is 36.2 Å². The molecule has 0 aliphatic carbocycles. The molecule has 0 amide bonds. The van der Waals surface area contributed by atoms with Gasteiger partial charge in [0.2, 0.25) is 0 Å². The summed E-state index contributed by atoms with van der Waals surface area (Å²) in [5, 5.41) is 11.3. The van der Waals surface area contributed by atoms with Gasteiger partial charge in [-0.2, -0.15) is 5.10 Å². The second kappa shape index (κ2) is 4.97. The monoisotopic (exact) mass is 232 g/mol. The van der Waals surface area contributed by atoms with Crippen molar-refractivity contribution in [2.75, 3.05) is 18.4 Å². The molecule has 2 rings (SSSR count). The zero-order valence-corrected chi connectivity index (χ0v) is 9.24. The summed E-state index contributed by atoms with van der Waals surface area (Å²) in [6.45, 7) is 0. The van der Waals surface area contributed by atoms with Crippen molar-refractivity contribution in [1.82, 2.24) is 14.9 Å². The van der Waals surface area contributed by atoms with Crippen molar-refractivity contribution in [3.63, 3.8) is 0 Å². The molecule has 1 heterocycles. The fourth-order valence-corrected chi connectivity index (χ4v) is 1.18. The lowest BCUT2D eigenvalue weighted by molar-refractivity contribution is 0.415.